The SMILES string of the molecule is CCNC(C)c1ccc(N(C)CC2CCN(C)C2)cc1O. The molecule has 118 valence electrons. The van der Waals surface area contributed by atoms with Gasteiger partial charge in [-0.2, -0.15) is 0 Å². The summed E-state index contributed by atoms with van der Waals surface area (Å²) in [6.45, 7) is 8.47. The standard InChI is InChI=1S/C17H29N3O/c1-5-18-13(2)16-7-6-15(10-17(16)21)20(4)12-14-8-9-19(3)11-14/h6-7,10,13-14,18,21H,5,8-9,11-12H2,1-4H3. The van der Waals surface area contributed by atoms with Gasteiger partial charge >= 0.3 is 0 Å². The summed E-state index contributed by atoms with van der Waals surface area (Å²) in [5.74, 6) is 1.11. The first-order valence-corrected chi connectivity index (χ1v) is 7.97. The summed E-state index contributed by atoms with van der Waals surface area (Å²) in [4.78, 5) is 4.64. The predicted molar refractivity (Wildman–Crippen MR) is 89.1 cm³/mol. The number of nitrogens with zero attached hydrogens (tertiary/aromatic N) is 2. The Morgan fingerprint density at radius 3 is 2.81 bits per heavy atom. The number of phenolic OH excluding ortho intramolecular Hbond substituents is 1. The van der Waals surface area contributed by atoms with E-state index in [2.05, 4.69) is 49.1 Å². The predicted octanol–water partition coefficient (Wildman–Crippen LogP) is 2.45. The fourth-order valence-electron chi connectivity index (χ4n) is 3.22. The molecule has 1 saturated heterocycles. The van der Waals surface area contributed by atoms with Crippen LogP contribution in [0.5, 0.6) is 5.75 Å². The van der Waals surface area contributed by atoms with E-state index < -0.39 is 0 Å². The van der Waals surface area contributed by atoms with Gasteiger partial charge in [-0.05, 0) is 45.5 Å². The first-order valence-electron chi connectivity index (χ1n) is 7.97. The molecule has 0 aliphatic carbocycles. The van der Waals surface area contributed by atoms with Gasteiger partial charge in [-0.25, -0.2) is 0 Å². The van der Waals surface area contributed by atoms with E-state index in [0.717, 1.165) is 30.3 Å². The first-order chi connectivity index (χ1) is 10.0. The molecule has 0 radical (unpaired) electrons. The van der Waals surface area contributed by atoms with Crippen molar-refractivity contribution in [2.75, 3.05) is 45.2 Å². The third kappa shape index (κ3) is 4.11. The van der Waals surface area contributed by atoms with Crippen LogP contribution in [0.15, 0.2) is 18.2 Å². The van der Waals surface area contributed by atoms with Crippen LogP contribution in [0.4, 0.5) is 5.69 Å². The Morgan fingerprint density at radius 2 is 2.24 bits per heavy atom. The van der Waals surface area contributed by atoms with Gasteiger partial charge in [0.15, 0.2) is 0 Å². The normalized spacial score (nSPS) is 20.7. The van der Waals surface area contributed by atoms with Crippen molar-refractivity contribution < 1.29 is 5.11 Å². The van der Waals surface area contributed by atoms with Gasteiger partial charge in [0.25, 0.3) is 0 Å². The molecule has 1 aliphatic heterocycles. The molecule has 1 aromatic carbocycles. The van der Waals surface area contributed by atoms with Crippen molar-refractivity contribution in [1.82, 2.24) is 10.2 Å². The average molecular weight is 291 g/mol. The summed E-state index contributed by atoms with van der Waals surface area (Å²) < 4.78 is 0. The lowest BCUT2D eigenvalue weighted by atomic mass is 10.1. The van der Waals surface area contributed by atoms with Crippen molar-refractivity contribution in [2.24, 2.45) is 5.92 Å². The largest absolute Gasteiger partial charge is 0.508 e. The van der Waals surface area contributed by atoms with Gasteiger partial charge < -0.3 is 20.2 Å². The first kappa shape index (κ1) is 16.1. The summed E-state index contributed by atoms with van der Waals surface area (Å²) in [5.41, 5.74) is 2.06. The number of aromatic hydroxyl groups is 1. The topological polar surface area (TPSA) is 38.7 Å². The Kier molecular flexibility index (Phi) is 5.48. The van der Waals surface area contributed by atoms with E-state index in [1.54, 1.807) is 0 Å². The Balaban J connectivity index is 2.01. The zero-order chi connectivity index (χ0) is 15.4. The molecule has 0 aromatic heterocycles. The maximum Gasteiger partial charge on any atom is 0.122 e. The highest BCUT2D eigenvalue weighted by Crippen LogP contribution is 2.29. The van der Waals surface area contributed by atoms with Gasteiger partial charge in [-0.15, -0.1) is 0 Å². The minimum Gasteiger partial charge on any atom is -0.508 e. The number of likely N-dealkylation sites (tertiary alicyclic amines) is 1. The van der Waals surface area contributed by atoms with Gasteiger partial charge in [0, 0.05) is 43.5 Å². The van der Waals surface area contributed by atoms with Crippen LogP contribution < -0.4 is 10.2 Å². The van der Waals surface area contributed by atoms with Crippen molar-refractivity contribution in [3.05, 3.63) is 23.8 Å². The zero-order valence-electron chi connectivity index (χ0n) is 13.8. The molecule has 1 heterocycles. The molecule has 4 heteroatoms. The molecular weight excluding hydrogens is 262 g/mol. The van der Waals surface area contributed by atoms with Crippen LogP contribution in [-0.2, 0) is 0 Å². The molecule has 4 nitrogen and oxygen atoms in total. The van der Waals surface area contributed by atoms with Gasteiger partial charge in [-0.1, -0.05) is 13.0 Å². The lowest BCUT2D eigenvalue weighted by Crippen LogP contribution is -2.27. The van der Waals surface area contributed by atoms with E-state index in [0.29, 0.717) is 5.75 Å². The maximum atomic E-state index is 10.3. The Morgan fingerprint density at radius 1 is 1.48 bits per heavy atom. The van der Waals surface area contributed by atoms with Crippen LogP contribution in [0.1, 0.15) is 31.9 Å². The van der Waals surface area contributed by atoms with Gasteiger partial charge in [0.1, 0.15) is 5.75 Å². The van der Waals surface area contributed by atoms with E-state index in [1.807, 2.05) is 12.1 Å². The molecule has 2 atom stereocenters. The third-order valence-corrected chi connectivity index (χ3v) is 4.45. The van der Waals surface area contributed by atoms with Crippen LogP contribution in [-0.4, -0.2) is 50.3 Å². The van der Waals surface area contributed by atoms with E-state index in [1.165, 1.54) is 19.5 Å². The molecule has 2 unspecified atom stereocenters. The Bertz CT molecular complexity index is 463. The zero-order valence-corrected chi connectivity index (χ0v) is 13.8. The van der Waals surface area contributed by atoms with E-state index in [9.17, 15) is 5.11 Å². The fourth-order valence-corrected chi connectivity index (χ4v) is 3.22. The van der Waals surface area contributed by atoms with Crippen LogP contribution in [0.3, 0.4) is 0 Å². The molecule has 0 saturated carbocycles. The molecule has 21 heavy (non-hydrogen) atoms. The number of benzene rings is 1. The minimum atomic E-state index is 0.179. The molecule has 0 amide bonds. The molecule has 0 bridgehead atoms. The molecule has 2 rings (SSSR count). The molecule has 1 aliphatic rings. The number of nitrogens with one attached hydrogen (secondary N) is 1. The van der Waals surface area contributed by atoms with Crippen LogP contribution in [0.2, 0.25) is 0 Å². The average Bonchev–Trinajstić information content (AvgIpc) is 2.84. The van der Waals surface area contributed by atoms with Gasteiger partial charge in [-0.3, -0.25) is 0 Å². The molecular formula is C17H29N3O. The smallest absolute Gasteiger partial charge is 0.122 e. The van der Waals surface area contributed by atoms with Gasteiger partial charge in [0.2, 0.25) is 0 Å². The Labute approximate surface area is 128 Å². The van der Waals surface area contributed by atoms with Gasteiger partial charge in [0.05, 0.1) is 0 Å². The molecule has 1 aromatic rings. The third-order valence-electron chi connectivity index (χ3n) is 4.45. The highest BCUT2D eigenvalue weighted by atomic mass is 16.3. The summed E-state index contributed by atoms with van der Waals surface area (Å²) in [7, 11) is 4.29. The second kappa shape index (κ2) is 7.14. The van der Waals surface area contributed by atoms with Crippen molar-refractivity contribution >= 4 is 5.69 Å². The number of phenols is 1. The summed E-state index contributed by atoms with van der Waals surface area (Å²) in [5, 5.41) is 13.6. The molecule has 1 fully saturated rings. The second-order valence-corrected chi connectivity index (χ2v) is 6.32. The highest BCUT2D eigenvalue weighted by molar-refractivity contribution is 5.53. The minimum absolute atomic E-state index is 0.179. The summed E-state index contributed by atoms with van der Waals surface area (Å²) in [6.07, 6.45) is 1.27. The molecule has 0 spiro atoms. The van der Waals surface area contributed by atoms with Crippen molar-refractivity contribution in [3.63, 3.8) is 0 Å². The van der Waals surface area contributed by atoms with E-state index in [4.69, 9.17) is 0 Å². The van der Waals surface area contributed by atoms with Crippen molar-refractivity contribution in [3.8, 4) is 5.75 Å². The highest BCUT2D eigenvalue weighted by Gasteiger charge is 2.21. The van der Waals surface area contributed by atoms with Crippen molar-refractivity contribution in [1.29, 1.82) is 0 Å². The molecule has 2 N–H and O–H groups in total. The lowest BCUT2D eigenvalue weighted by molar-refractivity contribution is 0.396. The fraction of sp³-hybridized carbons (Fsp3) is 0.647. The van der Waals surface area contributed by atoms with E-state index in [-0.39, 0.29) is 6.04 Å². The van der Waals surface area contributed by atoms with Crippen LogP contribution in [0.25, 0.3) is 0 Å². The summed E-state index contributed by atoms with van der Waals surface area (Å²) in [6, 6.07) is 6.22. The second-order valence-electron chi connectivity index (χ2n) is 6.32. The number of anilines is 1. The summed E-state index contributed by atoms with van der Waals surface area (Å²) >= 11 is 0. The van der Waals surface area contributed by atoms with Crippen LogP contribution >= 0.6 is 0 Å². The maximum absolute atomic E-state index is 10.3. The van der Waals surface area contributed by atoms with Crippen molar-refractivity contribution in [2.45, 2.75) is 26.3 Å². The monoisotopic (exact) mass is 291 g/mol. The lowest BCUT2D eigenvalue weighted by Gasteiger charge is -2.24. The number of rotatable bonds is 6. The van der Waals surface area contributed by atoms with E-state index >= 15 is 0 Å². The Hall–Kier alpha value is -1.26. The number of hydrogen-bond donors (Lipinski definition) is 2. The quantitative estimate of drug-likeness (QED) is 0.844. The van der Waals surface area contributed by atoms with Crippen LogP contribution in [0, 0.1) is 5.92 Å². The number of hydrogen-bond acceptors (Lipinski definition) is 4.